The normalized spacial score (nSPS) is 17.4. The van der Waals surface area contributed by atoms with Crippen LogP contribution in [0.15, 0.2) is 18.2 Å². The molecule has 3 rings (SSSR count). The molecule has 0 aliphatic carbocycles. The summed E-state index contributed by atoms with van der Waals surface area (Å²) in [6, 6.07) is 3.34. The van der Waals surface area contributed by atoms with E-state index in [1.807, 2.05) is 0 Å². The quantitative estimate of drug-likeness (QED) is 0.331. The molecular weight excluding hydrogens is 472 g/mol. The molecule has 1 saturated heterocycles. The van der Waals surface area contributed by atoms with Gasteiger partial charge in [0.2, 0.25) is 11.8 Å². The van der Waals surface area contributed by atoms with Gasteiger partial charge in [-0.3, -0.25) is 34.2 Å². The predicted octanol–water partition coefficient (Wildman–Crippen LogP) is 0.888. The van der Waals surface area contributed by atoms with Crippen molar-refractivity contribution >= 4 is 35.6 Å². The van der Waals surface area contributed by atoms with E-state index in [4.69, 9.17) is 9.47 Å². The van der Waals surface area contributed by atoms with E-state index in [2.05, 4.69) is 16.0 Å². The number of carbonyl (C=O) groups excluding carboxylic acids is 6. The SMILES string of the molecule is CC(C)(C)OC(=O)NCCCCNC(=O)COc1cccc2c1C(=O)N(C1CCC(=O)NC1=O)C2=O. The van der Waals surface area contributed by atoms with Gasteiger partial charge >= 0.3 is 6.09 Å². The molecule has 1 atom stereocenters. The number of piperidine rings is 1. The van der Waals surface area contributed by atoms with E-state index < -0.39 is 47.3 Å². The van der Waals surface area contributed by atoms with Crippen LogP contribution in [0.3, 0.4) is 0 Å². The van der Waals surface area contributed by atoms with Gasteiger partial charge in [0.1, 0.15) is 17.4 Å². The average Bonchev–Trinajstić information content (AvgIpc) is 3.04. The van der Waals surface area contributed by atoms with Crippen LogP contribution < -0.4 is 20.7 Å². The number of amides is 6. The summed E-state index contributed by atoms with van der Waals surface area (Å²) >= 11 is 0. The highest BCUT2D eigenvalue weighted by atomic mass is 16.6. The largest absolute Gasteiger partial charge is 0.483 e. The average molecular weight is 503 g/mol. The Morgan fingerprint density at radius 1 is 1.06 bits per heavy atom. The standard InChI is InChI=1S/C24H30N4O8/c1-24(2,3)36-23(34)26-12-5-4-11-25-18(30)13-35-16-8-6-7-14-19(16)22(33)28(21(14)32)15-9-10-17(29)27-20(15)31/h6-8,15H,4-5,9-13H2,1-3H3,(H,25,30)(H,26,34)(H,27,29,31). The molecule has 1 aromatic carbocycles. The first-order chi connectivity index (χ1) is 17.0. The van der Waals surface area contributed by atoms with Crippen molar-refractivity contribution in [2.24, 2.45) is 0 Å². The Morgan fingerprint density at radius 3 is 2.42 bits per heavy atom. The second-order valence-corrected chi connectivity index (χ2v) is 9.40. The van der Waals surface area contributed by atoms with Crippen molar-refractivity contribution in [2.45, 2.75) is 58.1 Å². The Morgan fingerprint density at radius 2 is 1.75 bits per heavy atom. The number of hydrogen-bond donors (Lipinski definition) is 3. The van der Waals surface area contributed by atoms with Crippen molar-refractivity contribution in [3.05, 3.63) is 29.3 Å². The van der Waals surface area contributed by atoms with Gasteiger partial charge in [0.15, 0.2) is 6.61 Å². The number of alkyl carbamates (subject to hydrolysis) is 1. The number of rotatable bonds is 9. The molecule has 3 N–H and O–H groups in total. The van der Waals surface area contributed by atoms with Gasteiger partial charge in [-0.2, -0.15) is 0 Å². The molecule has 12 nitrogen and oxygen atoms in total. The lowest BCUT2D eigenvalue weighted by Gasteiger charge is -2.27. The Labute approximate surface area is 208 Å². The molecule has 0 bridgehead atoms. The first-order valence-corrected chi connectivity index (χ1v) is 11.7. The van der Waals surface area contributed by atoms with Gasteiger partial charge in [-0.1, -0.05) is 6.07 Å². The van der Waals surface area contributed by atoms with E-state index >= 15 is 0 Å². The van der Waals surface area contributed by atoms with Crippen molar-refractivity contribution in [3.8, 4) is 5.75 Å². The molecular formula is C24H30N4O8. The van der Waals surface area contributed by atoms with Crippen LogP contribution in [0.1, 0.15) is 67.2 Å². The van der Waals surface area contributed by atoms with E-state index in [1.165, 1.54) is 18.2 Å². The summed E-state index contributed by atoms with van der Waals surface area (Å²) in [6.45, 7) is 5.69. The van der Waals surface area contributed by atoms with Crippen LogP contribution in [-0.2, 0) is 19.1 Å². The van der Waals surface area contributed by atoms with Gasteiger partial charge in [0, 0.05) is 19.5 Å². The summed E-state index contributed by atoms with van der Waals surface area (Å²) in [7, 11) is 0. The third-order valence-electron chi connectivity index (χ3n) is 5.38. The number of hydrogen-bond acceptors (Lipinski definition) is 8. The number of benzene rings is 1. The molecule has 2 aliphatic rings. The van der Waals surface area contributed by atoms with Gasteiger partial charge in [0.25, 0.3) is 17.7 Å². The smallest absolute Gasteiger partial charge is 0.407 e. The van der Waals surface area contributed by atoms with Crippen molar-refractivity contribution in [1.82, 2.24) is 20.9 Å². The van der Waals surface area contributed by atoms with Gasteiger partial charge in [-0.15, -0.1) is 0 Å². The fraction of sp³-hybridized carbons (Fsp3) is 0.500. The Kier molecular flexibility index (Phi) is 8.28. The minimum Gasteiger partial charge on any atom is -0.483 e. The van der Waals surface area contributed by atoms with Crippen LogP contribution >= 0.6 is 0 Å². The fourth-order valence-corrected chi connectivity index (χ4v) is 3.78. The van der Waals surface area contributed by atoms with Gasteiger partial charge in [-0.05, 0) is 52.2 Å². The maximum atomic E-state index is 13.0. The summed E-state index contributed by atoms with van der Waals surface area (Å²) in [5, 5.41) is 7.46. The predicted molar refractivity (Wildman–Crippen MR) is 125 cm³/mol. The van der Waals surface area contributed by atoms with E-state index in [0.29, 0.717) is 25.9 Å². The summed E-state index contributed by atoms with van der Waals surface area (Å²) in [5.41, 5.74) is -0.522. The minimum atomic E-state index is -1.09. The second kappa shape index (κ2) is 11.2. The number of nitrogens with one attached hydrogen (secondary N) is 3. The van der Waals surface area contributed by atoms with Crippen LogP contribution in [0.25, 0.3) is 0 Å². The first-order valence-electron chi connectivity index (χ1n) is 11.7. The summed E-state index contributed by atoms with van der Waals surface area (Å²) in [5.74, 6) is -2.90. The summed E-state index contributed by atoms with van der Waals surface area (Å²) < 4.78 is 10.7. The molecule has 12 heteroatoms. The lowest BCUT2D eigenvalue weighted by Crippen LogP contribution is -2.54. The summed E-state index contributed by atoms with van der Waals surface area (Å²) in [6.07, 6.45) is 0.793. The summed E-state index contributed by atoms with van der Waals surface area (Å²) in [4.78, 5) is 74.1. The molecule has 0 radical (unpaired) electrons. The van der Waals surface area contributed by atoms with E-state index in [0.717, 1.165) is 4.90 Å². The zero-order chi connectivity index (χ0) is 26.5. The molecule has 1 fully saturated rings. The topological polar surface area (TPSA) is 160 Å². The maximum Gasteiger partial charge on any atom is 0.407 e. The molecule has 194 valence electrons. The Balaban J connectivity index is 1.47. The van der Waals surface area contributed by atoms with Crippen molar-refractivity contribution in [2.75, 3.05) is 19.7 Å². The van der Waals surface area contributed by atoms with Crippen LogP contribution in [0, 0.1) is 0 Å². The van der Waals surface area contributed by atoms with Crippen LogP contribution in [0.2, 0.25) is 0 Å². The number of ether oxygens (including phenoxy) is 2. The maximum absolute atomic E-state index is 13.0. The molecule has 0 saturated carbocycles. The molecule has 2 aliphatic heterocycles. The van der Waals surface area contributed by atoms with Crippen LogP contribution in [0.4, 0.5) is 4.79 Å². The van der Waals surface area contributed by atoms with Gasteiger partial charge in [-0.25, -0.2) is 4.79 Å². The van der Waals surface area contributed by atoms with Crippen molar-refractivity contribution < 1.29 is 38.2 Å². The van der Waals surface area contributed by atoms with E-state index in [1.54, 1.807) is 20.8 Å². The Bertz CT molecular complexity index is 1080. The van der Waals surface area contributed by atoms with Crippen molar-refractivity contribution in [3.63, 3.8) is 0 Å². The van der Waals surface area contributed by atoms with Gasteiger partial charge < -0.3 is 20.1 Å². The number of carbonyl (C=O) groups is 6. The van der Waals surface area contributed by atoms with Gasteiger partial charge in [0.05, 0.1) is 11.1 Å². The zero-order valence-corrected chi connectivity index (χ0v) is 20.5. The fourth-order valence-electron chi connectivity index (χ4n) is 3.78. The molecule has 0 aromatic heterocycles. The van der Waals surface area contributed by atoms with Crippen molar-refractivity contribution in [1.29, 1.82) is 0 Å². The lowest BCUT2D eigenvalue weighted by atomic mass is 10.0. The minimum absolute atomic E-state index is 0.0183. The van der Waals surface area contributed by atoms with Crippen LogP contribution in [0.5, 0.6) is 5.75 Å². The molecule has 36 heavy (non-hydrogen) atoms. The highest BCUT2D eigenvalue weighted by Crippen LogP contribution is 2.33. The highest BCUT2D eigenvalue weighted by Gasteiger charge is 2.46. The molecule has 6 amide bonds. The molecule has 1 unspecified atom stereocenters. The third kappa shape index (κ3) is 6.58. The van der Waals surface area contributed by atoms with E-state index in [-0.39, 0.29) is 36.3 Å². The Hall–Kier alpha value is -3.96. The molecule has 0 spiro atoms. The number of fused-ring (bicyclic) bond motifs is 1. The third-order valence-corrected chi connectivity index (χ3v) is 5.38. The monoisotopic (exact) mass is 502 g/mol. The first kappa shape index (κ1) is 26.6. The van der Waals surface area contributed by atoms with Crippen LogP contribution in [-0.4, -0.2) is 71.9 Å². The number of nitrogens with zero attached hydrogens (tertiary/aromatic N) is 1. The number of unbranched alkanes of at least 4 members (excludes halogenated alkanes) is 1. The number of imide groups is 2. The lowest BCUT2D eigenvalue weighted by molar-refractivity contribution is -0.136. The van der Waals surface area contributed by atoms with E-state index in [9.17, 15) is 28.8 Å². The zero-order valence-electron chi connectivity index (χ0n) is 20.5. The highest BCUT2D eigenvalue weighted by molar-refractivity contribution is 6.24. The molecule has 2 heterocycles. The molecule has 1 aromatic rings. The second-order valence-electron chi connectivity index (χ2n) is 9.40.